The molecular formula is C24H49KO4S. The molecule has 1 N–H and O–H groups in total. The molecule has 30 heavy (non-hydrogen) atoms. The summed E-state index contributed by atoms with van der Waals surface area (Å²) in [6.07, 6.45) is 20.4. The van der Waals surface area contributed by atoms with E-state index in [-0.39, 0.29) is 57.5 Å². The first-order valence-electron chi connectivity index (χ1n) is 12.5. The largest absolute Gasteiger partial charge is 1.00 e. The Morgan fingerprint density at radius 2 is 0.933 bits per heavy atom. The molecule has 0 radical (unpaired) electrons. The van der Waals surface area contributed by atoms with Gasteiger partial charge in [-0.3, -0.25) is 0 Å². The third-order valence-corrected chi connectivity index (χ3v) is 7.28. The predicted molar refractivity (Wildman–Crippen MR) is 123 cm³/mol. The zero-order chi connectivity index (χ0) is 21.8. The van der Waals surface area contributed by atoms with Crippen molar-refractivity contribution in [3.8, 4) is 0 Å². The molecule has 4 nitrogen and oxygen atoms in total. The van der Waals surface area contributed by atoms with Crippen molar-refractivity contribution in [2.75, 3.05) is 0 Å². The number of aliphatic hydroxyl groups excluding tert-OH is 1. The summed E-state index contributed by atoms with van der Waals surface area (Å²) < 4.78 is 34.7. The van der Waals surface area contributed by atoms with Crippen LogP contribution in [0.1, 0.15) is 142 Å². The average Bonchev–Trinajstić information content (AvgIpc) is 2.67. The van der Waals surface area contributed by atoms with Gasteiger partial charge in [0.2, 0.25) is 0 Å². The summed E-state index contributed by atoms with van der Waals surface area (Å²) in [7, 11) is -4.23. The molecule has 0 aromatic rings. The number of unbranched alkanes of at least 4 members (excludes halogenated alkanes) is 13. The molecule has 0 aromatic heterocycles. The van der Waals surface area contributed by atoms with Gasteiger partial charge < -0.3 is 9.66 Å². The Labute approximate surface area is 230 Å². The third kappa shape index (κ3) is 22.7. The van der Waals surface area contributed by atoms with Crippen molar-refractivity contribution in [2.45, 2.75) is 154 Å². The first kappa shape index (κ1) is 33.7. The van der Waals surface area contributed by atoms with Crippen LogP contribution in [0.15, 0.2) is 0 Å². The molecule has 0 rings (SSSR count). The van der Waals surface area contributed by atoms with Crippen LogP contribution in [0.25, 0.3) is 0 Å². The van der Waals surface area contributed by atoms with E-state index in [1.165, 1.54) is 64.2 Å². The number of hydrogen-bond donors (Lipinski definition) is 1. The van der Waals surface area contributed by atoms with Crippen LogP contribution >= 0.6 is 0 Å². The van der Waals surface area contributed by atoms with Crippen molar-refractivity contribution >= 4 is 10.1 Å². The third-order valence-electron chi connectivity index (χ3n) is 5.99. The minimum Gasteiger partial charge on any atom is -0.748 e. The van der Waals surface area contributed by atoms with Crippen molar-refractivity contribution in [3.05, 3.63) is 0 Å². The Hall–Kier alpha value is 1.51. The van der Waals surface area contributed by atoms with E-state index in [1.807, 2.05) is 0 Å². The normalized spacial score (nSPS) is 13.7. The molecular weight excluding hydrogens is 423 g/mol. The monoisotopic (exact) mass is 472 g/mol. The van der Waals surface area contributed by atoms with Crippen LogP contribution in [0, 0.1) is 0 Å². The zero-order valence-corrected chi connectivity index (χ0v) is 24.3. The van der Waals surface area contributed by atoms with Crippen molar-refractivity contribution in [1.82, 2.24) is 0 Å². The van der Waals surface area contributed by atoms with Crippen LogP contribution in [-0.2, 0) is 10.1 Å². The summed E-state index contributed by atoms with van der Waals surface area (Å²) in [5, 5.41) is 9.32. The van der Waals surface area contributed by atoms with Gasteiger partial charge in [-0.2, -0.15) is 0 Å². The van der Waals surface area contributed by atoms with E-state index in [9.17, 15) is 18.1 Å². The maximum absolute atomic E-state index is 11.6. The summed E-state index contributed by atoms with van der Waals surface area (Å²) >= 11 is 0. The second kappa shape index (κ2) is 23.7. The summed E-state index contributed by atoms with van der Waals surface area (Å²) in [6, 6.07) is 0. The van der Waals surface area contributed by atoms with E-state index in [4.69, 9.17) is 0 Å². The van der Waals surface area contributed by atoms with E-state index < -0.39 is 15.4 Å². The van der Waals surface area contributed by atoms with E-state index >= 15 is 0 Å². The molecule has 0 aliphatic carbocycles. The molecule has 176 valence electrons. The van der Waals surface area contributed by atoms with E-state index in [0.717, 1.165) is 38.5 Å². The second-order valence-corrected chi connectivity index (χ2v) is 10.5. The fourth-order valence-electron chi connectivity index (χ4n) is 4.00. The van der Waals surface area contributed by atoms with Crippen molar-refractivity contribution in [2.24, 2.45) is 0 Å². The Morgan fingerprint density at radius 1 is 0.600 bits per heavy atom. The molecule has 0 bridgehead atoms. The summed E-state index contributed by atoms with van der Waals surface area (Å²) in [6.45, 7) is 4.42. The quantitative estimate of drug-likeness (QED) is 0.146. The smallest absolute Gasteiger partial charge is 0.748 e. The van der Waals surface area contributed by atoms with Crippen LogP contribution in [-0.4, -0.2) is 29.4 Å². The van der Waals surface area contributed by atoms with Crippen LogP contribution in [0.3, 0.4) is 0 Å². The molecule has 0 fully saturated rings. The van der Waals surface area contributed by atoms with E-state index in [1.54, 1.807) is 0 Å². The summed E-state index contributed by atoms with van der Waals surface area (Å²) in [5.74, 6) is 0. The number of hydrogen-bond acceptors (Lipinski definition) is 4. The Bertz CT molecular complexity index is 442. The van der Waals surface area contributed by atoms with Crippen LogP contribution in [0.4, 0.5) is 0 Å². The summed E-state index contributed by atoms with van der Waals surface area (Å²) in [5.41, 5.74) is 0. The zero-order valence-electron chi connectivity index (χ0n) is 20.4. The molecule has 2 unspecified atom stereocenters. The maximum Gasteiger partial charge on any atom is 1.00 e. The molecule has 0 aliphatic heterocycles. The predicted octanol–water partition coefficient (Wildman–Crippen LogP) is 4.11. The molecule has 0 amide bonds. The van der Waals surface area contributed by atoms with Gasteiger partial charge in [-0.25, -0.2) is 8.42 Å². The molecule has 0 saturated heterocycles. The Kier molecular flexibility index (Phi) is 26.6. The van der Waals surface area contributed by atoms with Crippen molar-refractivity contribution in [3.63, 3.8) is 0 Å². The molecule has 0 heterocycles. The molecule has 6 heteroatoms. The first-order valence-corrected chi connectivity index (χ1v) is 14.0. The van der Waals surface area contributed by atoms with Crippen LogP contribution < -0.4 is 51.4 Å². The van der Waals surface area contributed by atoms with Gasteiger partial charge in [0, 0.05) is 5.25 Å². The van der Waals surface area contributed by atoms with Gasteiger partial charge in [0.05, 0.1) is 16.2 Å². The Morgan fingerprint density at radius 3 is 1.37 bits per heavy atom. The van der Waals surface area contributed by atoms with Crippen molar-refractivity contribution in [1.29, 1.82) is 0 Å². The average molecular weight is 473 g/mol. The fourth-order valence-corrected chi connectivity index (χ4v) is 4.91. The van der Waals surface area contributed by atoms with Crippen LogP contribution in [0.5, 0.6) is 0 Å². The van der Waals surface area contributed by atoms with Crippen molar-refractivity contribution < 1.29 is 69.5 Å². The molecule has 0 aliphatic rings. The van der Waals surface area contributed by atoms with Gasteiger partial charge >= 0.3 is 51.4 Å². The molecule has 0 saturated carbocycles. The van der Waals surface area contributed by atoms with Gasteiger partial charge in [-0.05, 0) is 32.1 Å². The minimum atomic E-state index is -4.23. The standard InChI is InChI=1S/C24H50O4S.K/c1-3-5-7-9-11-12-13-15-17-21-24(29(26,27)28)22-18-20-23(25)19-16-14-10-8-6-4-2;/h23-25H,3-22H2,1-2H3,(H,26,27,28);/q;+1/p-1. The molecule has 0 aromatic carbocycles. The van der Waals surface area contributed by atoms with Gasteiger partial charge in [-0.1, -0.05) is 110 Å². The first-order chi connectivity index (χ1) is 13.9. The van der Waals surface area contributed by atoms with Gasteiger partial charge in [0.1, 0.15) is 0 Å². The van der Waals surface area contributed by atoms with E-state index in [0.29, 0.717) is 25.7 Å². The Balaban J connectivity index is 0. The SMILES string of the molecule is CCCCCCCCCCCC(CCCC(O)CCCCCCCC)S(=O)(=O)[O-].[K+]. The molecule has 2 atom stereocenters. The topological polar surface area (TPSA) is 77.4 Å². The van der Waals surface area contributed by atoms with Gasteiger partial charge in [0.25, 0.3) is 0 Å². The number of aliphatic hydroxyl groups is 1. The van der Waals surface area contributed by atoms with Crippen LogP contribution in [0.2, 0.25) is 0 Å². The second-order valence-electron chi connectivity index (χ2n) is 8.87. The summed E-state index contributed by atoms with van der Waals surface area (Å²) in [4.78, 5) is 0. The minimum absolute atomic E-state index is 0. The van der Waals surface area contributed by atoms with Gasteiger partial charge in [0.15, 0.2) is 0 Å². The maximum atomic E-state index is 11.6. The van der Waals surface area contributed by atoms with E-state index in [2.05, 4.69) is 13.8 Å². The number of rotatable bonds is 22. The molecule has 0 spiro atoms. The fraction of sp³-hybridized carbons (Fsp3) is 1.00. The van der Waals surface area contributed by atoms with Gasteiger partial charge in [-0.15, -0.1) is 0 Å².